The third kappa shape index (κ3) is 18.6. The van der Waals surface area contributed by atoms with Crippen molar-refractivity contribution in [2.45, 2.75) is 34.1 Å². The van der Waals surface area contributed by atoms with Crippen LogP contribution in [0.2, 0.25) is 0 Å². The molecule has 0 bridgehead atoms. The fourth-order valence-electron chi connectivity index (χ4n) is 0. The van der Waals surface area contributed by atoms with Gasteiger partial charge in [0, 0.05) is 0 Å². The molecular weight excluding hydrogens is 116 g/mol. The standard InChI is InChI=1S/C4H8O2.C3H8/c1-3(2)4(5)6;1-3-2/h3H,1-2H3,(H,5,6);3H2,1-2H3. The molecular formula is C7H16O2. The summed E-state index contributed by atoms with van der Waals surface area (Å²) in [5.41, 5.74) is 0. The van der Waals surface area contributed by atoms with Crippen LogP contribution in [0.1, 0.15) is 34.1 Å². The SMILES string of the molecule is CC(C)C(=O)O.CCC. The quantitative estimate of drug-likeness (QED) is 0.593. The summed E-state index contributed by atoms with van der Waals surface area (Å²) in [5.74, 6) is -0.972. The van der Waals surface area contributed by atoms with Crippen molar-refractivity contribution in [3.05, 3.63) is 0 Å². The summed E-state index contributed by atoms with van der Waals surface area (Å²) in [4.78, 5) is 9.70. The molecule has 0 aromatic rings. The van der Waals surface area contributed by atoms with Crippen LogP contribution >= 0.6 is 0 Å². The van der Waals surface area contributed by atoms with Crippen molar-refractivity contribution in [1.29, 1.82) is 0 Å². The van der Waals surface area contributed by atoms with E-state index in [1.807, 2.05) is 0 Å². The first kappa shape index (κ1) is 11.3. The molecule has 0 aliphatic heterocycles. The fourth-order valence-corrected chi connectivity index (χ4v) is 0. The highest BCUT2D eigenvalue weighted by molar-refractivity contribution is 5.68. The number of carbonyl (C=O) groups is 1. The van der Waals surface area contributed by atoms with E-state index in [-0.39, 0.29) is 5.92 Å². The lowest BCUT2D eigenvalue weighted by atomic mass is 10.2. The minimum atomic E-state index is -0.741. The van der Waals surface area contributed by atoms with Gasteiger partial charge in [0.15, 0.2) is 0 Å². The molecule has 0 saturated carbocycles. The van der Waals surface area contributed by atoms with Crippen LogP contribution in [0.3, 0.4) is 0 Å². The molecule has 1 N–H and O–H groups in total. The summed E-state index contributed by atoms with van der Waals surface area (Å²) < 4.78 is 0. The molecule has 0 heterocycles. The van der Waals surface area contributed by atoms with Gasteiger partial charge in [0.25, 0.3) is 0 Å². The maximum absolute atomic E-state index is 9.70. The zero-order valence-corrected chi connectivity index (χ0v) is 6.64. The van der Waals surface area contributed by atoms with E-state index in [2.05, 4.69) is 13.8 Å². The van der Waals surface area contributed by atoms with Crippen LogP contribution in [0, 0.1) is 5.92 Å². The summed E-state index contributed by atoms with van der Waals surface area (Å²) in [6.07, 6.45) is 1.25. The van der Waals surface area contributed by atoms with Crippen molar-refractivity contribution < 1.29 is 9.90 Å². The highest BCUT2D eigenvalue weighted by Gasteiger charge is 1.99. The van der Waals surface area contributed by atoms with Crippen LogP contribution in [-0.4, -0.2) is 11.1 Å². The first-order valence-corrected chi connectivity index (χ1v) is 3.29. The highest BCUT2D eigenvalue weighted by atomic mass is 16.4. The van der Waals surface area contributed by atoms with Gasteiger partial charge in [0.2, 0.25) is 0 Å². The molecule has 0 aromatic heterocycles. The Morgan fingerprint density at radius 1 is 1.44 bits per heavy atom. The van der Waals surface area contributed by atoms with Crippen molar-refractivity contribution in [3.63, 3.8) is 0 Å². The van der Waals surface area contributed by atoms with Gasteiger partial charge in [-0.2, -0.15) is 0 Å². The molecule has 56 valence electrons. The van der Waals surface area contributed by atoms with Gasteiger partial charge in [-0.1, -0.05) is 34.1 Å². The molecule has 2 nitrogen and oxygen atoms in total. The third-order valence-electron chi connectivity index (χ3n) is 0.494. The fraction of sp³-hybridized carbons (Fsp3) is 0.857. The predicted octanol–water partition coefficient (Wildman–Crippen LogP) is 2.14. The summed E-state index contributed by atoms with van der Waals surface area (Å²) in [7, 11) is 0. The molecule has 0 aliphatic carbocycles. The summed E-state index contributed by atoms with van der Waals surface area (Å²) in [6, 6.07) is 0. The molecule has 9 heavy (non-hydrogen) atoms. The van der Waals surface area contributed by atoms with E-state index < -0.39 is 5.97 Å². The number of hydrogen-bond acceptors (Lipinski definition) is 1. The Morgan fingerprint density at radius 2 is 1.56 bits per heavy atom. The Morgan fingerprint density at radius 3 is 1.56 bits per heavy atom. The number of carboxylic acids is 1. The third-order valence-corrected chi connectivity index (χ3v) is 0.494. The van der Waals surface area contributed by atoms with Crippen LogP contribution in [0.4, 0.5) is 0 Å². The lowest BCUT2D eigenvalue weighted by Gasteiger charge is -1.89. The molecule has 0 amide bonds. The molecule has 0 saturated heterocycles. The Balaban J connectivity index is 0. The summed E-state index contributed by atoms with van der Waals surface area (Å²) in [5, 5.41) is 7.99. The van der Waals surface area contributed by atoms with E-state index in [0.717, 1.165) is 0 Å². The Hall–Kier alpha value is -0.530. The van der Waals surface area contributed by atoms with Crippen LogP contribution in [0.15, 0.2) is 0 Å². The second-order valence-corrected chi connectivity index (χ2v) is 2.20. The maximum Gasteiger partial charge on any atom is 0.305 e. The van der Waals surface area contributed by atoms with Crippen molar-refractivity contribution in [2.24, 2.45) is 5.92 Å². The monoisotopic (exact) mass is 132 g/mol. The molecule has 0 aliphatic rings. The number of hydrogen-bond donors (Lipinski definition) is 1. The summed E-state index contributed by atoms with van der Waals surface area (Å²) >= 11 is 0. The van der Waals surface area contributed by atoms with Crippen LogP contribution in [-0.2, 0) is 4.79 Å². The minimum Gasteiger partial charge on any atom is -0.481 e. The second kappa shape index (κ2) is 7.47. The van der Waals surface area contributed by atoms with Gasteiger partial charge in [-0.3, -0.25) is 4.79 Å². The van der Waals surface area contributed by atoms with Gasteiger partial charge >= 0.3 is 5.97 Å². The van der Waals surface area contributed by atoms with Crippen LogP contribution in [0.25, 0.3) is 0 Å². The van der Waals surface area contributed by atoms with Crippen molar-refractivity contribution in [2.75, 3.05) is 0 Å². The number of aliphatic carboxylic acids is 1. The van der Waals surface area contributed by atoms with Crippen molar-refractivity contribution >= 4 is 5.97 Å². The molecule has 0 radical (unpaired) electrons. The zero-order valence-electron chi connectivity index (χ0n) is 6.64. The van der Waals surface area contributed by atoms with Gasteiger partial charge in [-0.05, 0) is 0 Å². The second-order valence-electron chi connectivity index (χ2n) is 2.20. The first-order chi connectivity index (χ1) is 4.06. The van der Waals surface area contributed by atoms with E-state index in [0.29, 0.717) is 0 Å². The normalized spacial score (nSPS) is 8.11. The molecule has 0 unspecified atom stereocenters. The molecule has 0 spiro atoms. The minimum absolute atomic E-state index is 0.231. The Labute approximate surface area is 56.9 Å². The molecule has 0 atom stereocenters. The van der Waals surface area contributed by atoms with Crippen molar-refractivity contribution in [1.82, 2.24) is 0 Å². The largest absolute Gasteiger partial charge is 0.481 e. The molecule has 2 heteroatoms. The van der Waals surface area contributed by atoms with E-state index in [4.69, 9.17) is 5.11 Å². The Bertz CT molecular complexity index is 67.3. The zero-order chi connectivity index (χ0) is 7.86. The predicted molar refractivity (Wildman–Crippen MR) is 38.4 cm³/mol. The number of rotatable bonds is 1. The Kier molecular flexibility index (Phi) is 9.37. The van der Waals surface area contributed by atoms with Gasteiger partial charge in [0.05, 0.1) is 5.92 Å². The number of carboxylic acid groups (broad SMARTS) is 1. The van der Waals surface area contributed by atoms with Gasteiger partial charge in [-0.15, -0.1) is 0 Å². The highest BCUT2D eigenvalue weighted by Crippen LogP contribution is 1.87. The van der Waals surface area contributed by atoms with E-state index >= 15 is 0 Å². The lowest BCUT2D eigenvalue weighted by Crippen LogP contribution is -2.03. The summed E-state index contributed by atoms with van der Waals surface area (Å²) in [6.45, 7) is 7.53. The van der Waals surface area contributed by atoms with Crippen molar-refractivity contribution in [3.8, 4) is 0 Å². The average molecular weight is 132 g/mol. The molecule has 0 rings (SSSR count). The smallest absolute Gasteiger partial charge is 0.305 e. The van der Waals surface area contributed by atoms with Gasteiger partial charge in [0.1, 0.15) is 0 Å². The lowest BCUT2D eigenvalue weighted by molar-refractivity contribution is -0.140. The van der Waals surface area contributed by atoms with E-state index in [1.165, 1.54) is 6.42 Å². The van der Waals surface area contributed by atoms with E-state index in [1.54, 1.807) is 13.8 Å². The van der Waals surface area contributed by atoms with Gasteiger partial charge < -0.3 is 5.11 Å². The molecule has 0 fully saturated rings. The topological polar surface area (TPSA) is 37.3 Å². The van der Waals surface area contributed by atoms with Crippen LogP contribution < -0.4 is 0 Å². The molecule has 0 aromatic carbocycles. The average Bonchev–Trinajstić information content (AvgIpc) is 1.68. The van der Waals surface area contributed by atoms with Crippen LogP contribution in [0.5, 0.6) is 0 Å². The maximum atomic E-state index is 9.70. The van der Waals surface area contributed by atoms with Gasteiger partial charge in [-0.25, -0.2) is 0 Å². The first-order valence-electron chi connectivity index (χ1n) is 3.29. The van der Waals surface area contributed by atoms with E-state index in [9.17, 15) is 4.79 Å².